The van der Waals surface area contributed by atoms with Gasteiger partial charge in [-0.3, -0.25) is 9.69 Å². The summed E-state index contributed by atoms with van der Waals surface area (Å²) in [6, 6.07) is 10.6. The fourth-order valence-corrected chi connectivity index (χ4v) is 4.13. The van der Waals surface area contributed by atoms with Crippen molar-refractivity contribution in [2.45, 2.75) is 32.7 Å². The highest BCUT2D eigenvalue weighted by atomic mass is 16.5. The summed E-state index contributed by atoms with van der Waals surface area (Å²) >= 11 is 0. The molecule has 0 amide bonds. The average Bonchev–Trinajstić information content (AvgIpc) is 2.47. The van der Waals surface area contributed by atoms with Gasteiger partial charge in [0.2, 0.25) is 0 Å². The van der Waals surface area contributed by atoms with Gasteiger partial charge in [0.1, 0.15) is 0 Å². The minimum Gasteiger partial charge on any atom is -0.466 e. The van der Waals surface area contributed by atoms with Crippen LogP contribution in [0.2, 0.25) is 0 Å². The first-order valence-corrected chi connectivity index (χ1v) is 8.21. The Labute approximate surface area is 127 Å². The Kier molecular flexibility index (Phi) is 4.59. The van der Waals surface area contributed by atoms with Crippen LogP contribution in [0.25, 0.3) is 0 Å². The highest BCUT2D eigenvalue weighted by Crippen LogP contribution is 2.40. The quantitative estimate of drug-likeness (QED) is 0.797. The summed E-state index contributed by atoms with van der Waals surface area (Å²) in [4.78, 5) is 14.8. The fraction of sp³-hybridized carbons (Fsp3) is 0.611. The minimum atomic E-state index is 0.0477. The first-order chi connectivity index (χ1) is 10.3. The summed E-state index contributed by atoms with van der Waals surface area (Å²) in [5.74, 6) is 1.16. The van der Waals surface area contributed by atoms with E-state index in [1.165, 1.54) is 24.8 Å². The van der Waals surface area contributed by atoms with Gasteiger partial charge < -0.3 is 4.74 Å². The molecule has 21 heavy (non-hydrogen) atoms. The number of hydrogen-bond donors (Lipinski definition) is 0. The third kappa shape index (κ3) is 3.29. The molecule has 3 nitrogen and oxygen atoms in total. The Balaban J connectivity index is 1.67. The van der Waals surface area contributed by atoms with Gasteiger partial charge in [-0.1, -0.05) is 36.8 Å². The van der Waals surface area contributed by atoms with Crippen LogP contribution in [0.4, 0.5) is 0 Å². The molecular formula is C18H25NO2. The van der Waals surface area contributed by atoms with E-state index in [9.17, 15) is 4.79 Å². The number of nitrogens with zero attached hydrogens (tertiary/aromatic N) is 1. The number of likely N-dealkylation sites (tertiary alicyclic amines) is 1. The maximum absolute atomic E-state index is 12.2. The lowest BCUT2D eigenvalue weighted by atomic mass is 9.69. The molecule has 1 aromatic rings. The number of carbonyl (C=O) groups is 1. The average molecular weight is 287 g/mol. The van der Waals surface area contributed by atoms with Crippen molar-refractivity contribution in [3.8, 4) is 0 Å². The molecule has 1 saturated heterocycles. The van der Waals surface area contributed by atoms with Gasteiger partial charge in [-0.15, -0.1) is 0 Å². The number of carbonyl (C=O) groups excluding carboxylic acids is 1. The summed E-state index contributed by atoms with van der Waals surface area (Å²) in [6.45, 7) is 5.48. The Morgan fingerprint density at radius 2 is 1.86 bits per heavy atom. The number of esters is 1. The first kappa shape index (κ1) is 14.6. The van der Waals surface area contributed by atoms with E-state index in [0.29, 0.717) is 18.4 Å². The fourth-order valence-electron chi connectivity index (χ4n) is 4.13. The van der Waals surface area contributed by atoms with E-state index in [0.717, 1.165) is 19.6 Å². The topological polar surface area (TPSA) is 29.5 Å². The normalized spacial score (nSPS) is 29.1. The van der Waals surface area contributed by atoms with Crippen LogP contribution < -0.4 is 0 Å². The van der Waals surface area contributed by atoms with E-state index in [1.54, 1.807) is 0 Å². The zero-order valence-electron chi connectivity index (χ0n) is 12.8. The molecule has 3 heteroatoms. The third-order valence-electron chi connectivity index (χ3n) is 4.96. The highest BCUT2D eigenvalue weighted by molar-refractivity contribution is 5.73. The smallest absolute Gasteiger partial charge is 0.309 e. The second kappa shape index (κ2) is 6.61. The van der Waals surface area contributed by atoms with Crippen molar-refractivity contribution < 1.29 is 9.53 Å². The van der Waals surface area contributed by atoms with Crippen molar-refractivity contribution in [1.29, 1.82) is 0 Å². The summed E-state index contributed by atoms with van der Waals surface area (Å²) in [5, 5.41) is 0. The lowest BCUT2D eigenvalue weighted by molar-refractivity contribution is -0.157. The van der Waals surface area contributed by atoms with Crippen LogP contribution in [0.15, 0.2) is 30.3 Å². The zero-order chi connectivity index (χ0) is 14.7. The Morgan fingerprint density at radius 1 is 1.19 bits per heavy atom. The van der Waals surface area contributed by atoms with Crippen molar-refractivity contribution >= 4 is 5.97 Å². The van der Waals surface area contributed by atoms with Gasteiger partial charge in [0, 0.05) is 19.6 Å². The van der Waals surface area contributed by atoms with Crippen LogP contribution in [-0.4, -0.2) is 30.6 Å². The number of fused-ring (bicyclic) bond motifs is 2. The second-order valence-electron chi connectivity index (χ2n) is 6.41. The SMILES string of the molecule is CCOC(=O)C1C2CCCC1CN(Cc1ccccc1)C2. The maximum Gasteiger partial charge on any atom is 0.309 e. The second-order valence-corrected chi connectivity index (χ2v) is 6.41. The van der Waals surface area contributed by atoms with Gasteiger partial charge in [0.05, 0.1) is 12.5 Å². The number of rotatable bonds is 4. The predicted molar refractivity (Wildman–Crippen MR) is 82.7 cm³/mol. The number of hydrogen-bond acceptors (Lipinski definition) is 3. The summed E-state index contributed by atoms with van der Waals surface area (Å²) in [5.41, 5.74) is 1.37. The van der Waals surface area contributed by atoms with E-state index < -0.39 is 0 Å². The molecule has 2 bridgehead atoms. The molecule has 0 N–H and O–H groups in total. The summed E-state index contributed by atoms with van der Waals surface area (Å²) < 4.78 is 5.31. The first-order valence-electron chi connectivity index (χ1n) is 8.21. The van der Waals surface area contributed by atoms with Crippen LogP contribution in [0, 0.1) is 17.8 Å². The lowest BCUT2D eigenvalue weighted by Gasteiger charge is -2.46. The Bertz CT molecular complexity index is 459. The lowest BCUT2D eigenvalue weighted by Crippen LogP contribution is -2.51. The molecule has 2 atom stereocenters. The molecule has 2 aliphatic rings. The molecule has 0 radical (unpaired) electrons. The predicted octanol–water partition coefficient (Wildman–Crippen LogP) is 3.10. The summed E-state index contributed by atoms with van der Waals surface area (Å²) in [6.07, 6.45) is 3.61. The molecule has 1 aliphatic heterocycles. The number of ether oxygens (including phenoxy) is 1. The van der Waals surface area contributed by atoms with Crippen LogP contribution in [0.5, 0.6) is 0 Å². The van der Waals surface area contributed by atoms with E-state index in [2.05, 4.69) is 35.2 Å². The monoisotopic (exact) mass is 287 g/mol. The molecular weight excluding hydrogens is 262 g/mol. The van der Waals surface area contributed by atoms with Crippen molar-refractivity contribution in [1.82, 2.24) is 4.90 Å². The van der Waals surface area contributed by atoms with Crippen LogP contribution in [0.3, 0.4) is 0 Å². The van der Waals surface area contributed by atoms with Crippen LogP contribution >= 0.6 is 0 Å². The molecule has 1 aliphatic carbocycles. The van der Waals surface area contributed by atoms with E-state index in [4.69, 9.17) is 4.74 Å². The Hall–Kier alpha value is -1.35. The minimum absolute atomic E-state index is 0.0477. The zero-order valence-corrected chi connectivity index (χ0v) is 12.8. The van der Waals surface area contributed by atoms with Crippen molar-refractivity contribution in [3.63, 3.8) is 0 Å². The van der Waals surface area contributed by atoms with Gasteiger partial charge in [-0.25, -0.2) is 0 Å². The van der Waals surface area contributed by atoms with Gasteiger partial charge in [0.25, 0.3) is 0 Å². The van der Waals surface area contributed by atoms with Crippen LogP contribution in [0.1, 0.15) is 31.7 Å². The molecule has 1 saturated carbocycles. The van der Waals surface area contributed by atoms with Gasteiger partial charge in [-0.2, -0.15) is 0 Å². The molecule has 1 heterocycles. The third-order valence-corrected chi connectivity index (χ3v) is 4.96. The Morgan fingerprint density at radius 3 is 2.48 bits per heavy atom. The van der Waals surface area contributed by atoms with Crippen LogP contribution in [-0.2, 0) is 16.1 Å². The van der Waals surface area contributed by atoms with E-state index >= 15 is 0 Å². The molecule has 114 valence electrons. The number of benzene rings is 1. The van der Waals surface area contributed by atoms with Crippen molar-refractivity contribution in [3.05, 3.63) is 35.9 Å². The number of piperidine rings is 1. The van der Waals surface area contributed by atoms with E-state index in [-0.39, 0.29) is 11.9 Å². The summed E-state index contributed by atoms with van der Waals surface area (Å²) in [7, 11) is 0. The molecule has 0 spiro atoms. The highest BCUT2D eigenvalue weighted by Gasteiger charge is 2.43. The molecule has 3 rings (SSSR count). The van der Waals surface area contributed by atoms with Gasteiger partial charge in [0.15, 0.2) is 0 Å². The molecule has 1 aromatic carbocycles. The maximum atomic E-state index is 12.2. The van der Waals surface area contributed by atoms with Gasteiger partial charge >= 0.3 is 5.97 Å². The molecule has 2 unspecified atom stereocenters. The van der Waals surface area contributed by atoms with E-state index in [1.807, 2.05) is 6.92 Å². The van der Waals surface area contributed by atoms with Crippen molar-refractivity contribution in [2.75, 3.05) is 19.7 Å². The standard InChI is InChI=1S/C18H25NO2/c1-2-21-18(20)17-15-9-6-10-16(17)13-19(12-15)11-14-7-4-3-5-8-14/h3-5,7-8,15-17H,2,6,9-13H2,1H3. The largest absolute Gasteiger partial charge is 0.466 e. The van der Waals surface area contributed by atoms with Crippen molar-refractivity contribution in [2.24, 2.45) is 17.8 Å². The molecule has 2 fully saturated rings. The van der Waals surface area contributed by atoms with Gasteiger partial charge in [-0.05, 0) is 37.2 Å². The molecule has 0 aromatic heterocycles.